The summed E-state index contributed by atoms with van der Waals surface area (Å²) in [6, 6.07) is 10.6. The van der Waals surface area contributed by atoms with Gasteiger partial charge in [0.1, 0.15) is 11.6 Å². The highest BCUT2D eigenvalue weighted by Gasteiger charge is 2.33. The van der Waals surface area contributed by atoms with Crippen molar-refractivity contribution in [2.75, 3.05) is 0 Å². The first kappa shape index (κ1) is 15.7. The minimum atomic E-state index is -2.05. The summed E-state index contributed by atoms with van der Waals surface area (Å²) in [5.41, 5.74) is 0. The Bertz CT molecular complexity index is 1500. The van der Waals surface area contributed by atoms with Crippen molar-refractivity contribution >= 4 is 53.9 Å². The second-order valence-electron chi connectivity index (χ2n) is 6.88. The summed E-state index contributed by atoms with van der Waals surface area (Å²) in [6.07, 6.45) is 0. The van der Waals surface area contributed by atoms with Gasteiger partial charge in [0.2, 0.25) is 0 Å². The van der Waals surface area contributed by atoms with E-state index in [2.05, 4.69) is 0 Å². The molecule has 0 aromatic heterocycles. The molecule has 28 heavy (non-hydrogen) atoms. The third-order valence-electron chi connectivity index (χ3n) is 5.57. The molecule has 0 N–H and O–H groups in total. The topological polar surface area (TPSA) is 0 Å². The number of rotatable bonds is 0. The molecule has 6 aromatic carbocycles. The van der Waals surface area contributed by atoms with Crippen LogP contribution < -0.4 is 0 Å². The van der Waals surface area contributed by atoms with Crippen LogP contribution in [0, 0.1) is 34.9 Å². The molecular formula is C22H6F6. The van der Waals surface area contributed by atoms with Gasteiger partial charge in [0, 0.05) is 32.3 Å². The Morgan fingerprint density at radius 1 is 0.393 bits per heavy atom. The molecule has 0 aliphatic rings. The van der Waals surface area contributed by atoms with E-state index in [9.17, 15) is 17.6 Å². The van der Waals surface area contributed by atoms with Gasteiger partial charge in [-0.3, -0.25) is 0 Å². The predicted octanol–water partition coefficient (Wildman–Crippen LogP) is 7.16. The van der Waals surface area contributed by atoms with Crippen LogP contribution in [-0.4, -0.2) is 0 Å². The molecule has 0 saturated heterocycles. The van der Waals surface area contributed by atoms with Gasteiger partial charge >= 0.3 is 0 Å². The van der Waals surface area contributed by atoms with Crippen LogP contribution in [0.15, 0.2) is 36.4 Å². The predicted molar refractivity (Wildman–Crippen MR) is 96.1 cm³/mol. The molecule has 136 valence electrons. The van der Waals surface area contributed by atoms with Gasteiger partial charge in [-0.25, -0.2) is 26.3 Å². The molecule has 6 rings (SSSR count). The lowest BCUT2D eigenvalue weighted by Crippen LogP contribution is -2.06. The fourth-order valence-corrected chi connectivity index (χ4v) is 4.29. The average molecular weight is 384 g/mol. The monoisotopic (exact) mass is 384 g/mol. The van der Waals surface area contributed by atoms with Gasteiger partial charge in [-0.15, -0.1) is 0 Å². The summed E-state index contributed by atoms with van der Waals surface area (Å²) in [6.45, 7) is 0. The molecular weight excluding hydrogens is 378 g/mol. The lowest BCUT2D eigenvalue weighted by molar-refractivity contribution is 0.418. The highest BCUT2D eigenvalue weighted by atomic mass is 19.2. The largest absolute Gasteiger partial charge is 0.206 e. The minimum absolute atomic E-state index is 0.0628. The summed E-state index contributed by atoms with van der Waals surface area (Å²) in [5.74, 6) is -9.47. The third kappa shape index (κ3) is 1.53. The zero-order valence-electron chi connectivity index (χ0n) is 13.7. The molecule has 0 aliphatic heterocycles. The van der Waals surface area contributed by atoms with Gasteiger partial charge < -0.3 is 0 Å². The second kappa shape index (κ2) is 4.76. The van der Waals surface area contributed by atoms with Crippen LogP contribution in [0.1, 0.15) is 0 Å². The number of hydrogen-bond donors (Lipinski definition) is 0. The van der Waals surface area contributed by atoms with E-state index in [0.29, 0.717) is 10.8 Å². The van der Waals surface area contributed by atoms with Crippen molar-refractivity contribution in [3.63, 3.8) is 0 Å². The molecule has 0 unspecified atom stereocenters. The molecule has 0 aliphatic carbocycles. The number of hydrogen-bond acceptors (Lipinski definition) is 0. The van der Waals surface area contributed by atoms with Crippen molar-refractivity contribution in [3.8, 4) is 0 Å². The molecule has 0 amide bonds. The van der Waals surface area contributed by atoms with Crippen molar-refractivity contribution in [2.45, 2.75) is 0 Å². The molecule has 0 radical (unpaired) electrons. The Kier molecular flexibility index (Phi) is 2.68. The zero-order chi connectivity index (χ0) is 19.5. The molecule has 6 heteroatoms. The smallest absolute Gasteiger partial charge is 0.198 e. The first-order chi connectivity index (χ1) is 13.4. The van der Waals surface area contributed by atoms with Gasteiger partial charge in [0.15, 0.2) is 23.3 Å². The molecule has 6 aromatic rings. The Balaban J connectivity index is 1.87. The van der Waals surface area contributed by atoms with E-state index in [1.807, 2.05) is 12.1 Å². The van der Waals surface area contributed by atoms with Crippen LogP contribution in [0.4, 0.5) is 26.3 Å². The zero-order valence-corrected chi connectivity index (χ0v) is 13.7. The fraction of sp³-hybridized carbons (Fsp3) is 0. The molecule has 0 fully saturated rings. The number of fused-ring (bicyclic) bond motifs is 9. The van der Waals surface area contributed by atoms with Gasteiger partial charge in [-0.2, -0.15) is 0 Å². The normalized spacial score (nSPS) is 12.6. The van der Waals surface area contributed by atoms with Crippen molar-refractivity contribution < 1.29 is 26.3 Å². The van der Waals surface area contributed by atoms with E-state index in [1.165, 1.54) is 0 Å². The minimum Gasteiger partial charge on any atom is -0.206 e. The summed E-state index contributed by atoms with van der Waals surface area (Å²) in [5, 5.41) is -0.283. The molecule has 0 saturated carbocycles. The van der Waals surface area contributed by atoms with Crippen molar-refractivity contribution in [1.82, 2.24) is 0 Å². The first-order valence-corrected chi connectivity index (χ1v) is 8.37. The van der Waals surface area contributed by atoms with Gasteiger partial charge in [-0.1, -0.05) is 24.3 Å². The lowest BCUT2D eigenvalue weighted by Gasteiger charge is -2.22. The fourth-order valence-electron chi connectivity index (χ4n) is 4.29. The van der Waals surface area contributed by atoms with E-state index in [0.717, 1.165) is 10.8 Å². The average Bonchev–Trinajstić information content (AvgIpc) is 2.65. The molecule has 0 spiro atoms. The molecule has 0 heterocycles. The van der Waals surface area contributed by atoms with E-state index in [-0.39, 0.29) is 10.8 Å². The van der Waals surface area contributed by atoms with Gasteiger partial charge in [-0.05, 0) is 33.7 Å². The lowest BCUT2D eigenvalue weighted by atomic mass is 9.83. The van der Waals surface area contributed by atoms with Crippen molar-refractivity contribution in [2.24, 2.45) is 0 Å². The molecule has 0 nitrogen and oxygen atoms in total. The Labute approximate surface area is 152 Å². The van der Waals surface area contributed by atoms with E-state index < -0.39 is 56.4 Å². The van der Waals surface area contributed by atoms with Gasteiger partial charge in [0.25, 0.3) is 0 Å². The molecule has 0 bridgehead atoms. The van der Waals surface area contributed by atoms with Crippen molar-refractivity contribution in [3.05, 3.63) is 71.3 Å². The van der Waals surface area contributed by atoms with Crippen LogP contribution in [0.3, 0.4) is 0 Å². The third-order valence-corrected chi connectivity index (χ3v) is 5.57. The Hall–Kier alpha value is -3.28. The maximum absolute atomic E-state index is 15.2. The number of benzene rings is 4. The van der Waals surface area contributed by atoms with Crippen LogP contribution in [0.25, 0.3) is 53.9 Å². The van der Waals surface area contributed by atoms with E-state index in [4.69, 9.17) is 0 Å². The Morgan fingerprint density at radius 2 is 0.750 bits per heavy atom. The maximum Gasteiger partial charge on any atom is 0.198 e. The van der Waals surface area contributed by atoms with Crippen LogP contribution in [0.2, 0.25) is 0 Å². The van der Waals surface area contributed by atoms with Crippen LogP contribution >= 0.6 is 0 Å². The highest BCUT2D eigenvalue weighted by Crippen LogP contribution is 2.50. The Morgan fingerprint density at radius 3 is 1.14 bits per heavy atom. The van der Waals surface area contributed by atoms with Crippen LogP contribution in [-0.2, 0) is 0 Å². The van der Waals surface area contributed by atoms with Gasteiger partial charge in [0.05, 0.1) is 0 Å². The first-order valence-electron chi connectivity index (χ1n) is 8.37. The quantitative estimate of drug-likeness (QED) is 0.148. The van der Waals surface area contributed by atoms with E-state index >= 15 is 8.78 Å². The highest BCUT2D eigenvalue weighted by molar-refractivity contribution is 6.36. The molecule has 0 atom stereocenters. The second-order valence-corrected chi connectivity index (χ2v) is 6.88. The van der Waals surface area contributed by atoms with Crippen molar-refractivity contribution in [1.29, 1.82) is 0 Å². The number of halogens is 6. The summed E-state index contributed by atoms with van der Waals surface area (Å²) < 4.78 is 85.8. The summed E-state index contributed by atoms with van der Waals surface area (Å²) in [7, 11) is 0. The standard InChI is InChI=1S/C22H6F6/c23-17-11-9-5-7-3-1-2-4-8(7)6-10(9)12(11)18(24)14-13(17)15-16(14)20(26)22(28)21(27)19(15)25/h1-6H. The maximum atomic E-state index is 15.2. The summed E-state index contributed by atoms with van der Waals surface area (Å²) in [4.78, 5) is 0. The van der Waals surface area contributed by atoms with Crippen LogP contribution in [0.5, 0.6) is 0 Å². The SMILES string of the molecule is Fc1c(F)c(F)c2c(c1F)c1c(F)c3c4cc5ccccc5cc4c3c(F)c21. The summed E-state index contributed by atoms with van der Waals surface area (Å²) >= 11 is 0. The van der Waals surface area contributed by atoms with E-state index in [1.54, 1.807) is 24.3 Å².